The molecule has 0 radical (unpaired) electrons. The van der Waals surface area contributed by atoms with Gasteiger partial charge in [-0.15, -0.1) is 11.8 Å². The fourth-order valence-corrected chi connectivity index (χ4v) is 5.30. The van der Waals surface area contributed by atoms with Crippen molar-refractivity contribution in [3.63, 3.8) is 0 Å². The summed E-state index contributed by atoms with van der Waals surface area (Å²) in [7, 11) is -3.50. The van der Waals surface area contributed by atoms with E-state index in [0.29, 0.717) is 36.4 Å². The normalized spacial score (nSPS) is 21.9. The van der Waals surface area contributed by atoms with Gasteiger partial charge in [0.2, 0.25) is 15.9 Å². The Morgan fingerprint density at radius 2 is 1.84 bits per heavy atom. The number of hydrogen-bond donors (Lipinski definition) is 2. The molecule has 25 heavy (non-hydrogen) atoms. The van der Waals surface area contributed by atoms with E-state index < -0.39 is 10.0 Å². The topological polar surface area (TPSA) is 86.7 Å². The van der Waals surface area contributed by atoms with Crippen LogP contribution in [0, 0.1) is 11.8 Å². The van der Waals surface area contributed by atoms with Gasteiger partial charge in [0, 0.05) is 24.5 Å². The van der Waals surface area contributed by atoms with Crippen molar-refractivity contribution in [2.24, 2.45) is 11.8 Å². The van der Waals surface area contributed by atoms with Gasteiger partial charge < -0.3 is 10.4 Å². The minimum absolute atomic E-state index is 0.0399. The maximum absolute atomic E-state index is 12.8. The number of amides is 1. The van der Waals surface area contributed by atoms with E-state index in [9.17, 15) is 13.2 Å². The lowest BCUT2D eigenvalue weighted by molar-refractivity contribution is -0.113. The molecule has 140 valence electrons. The second-order valence-corrected chi connectivity index (χ2v) is 9.66. The number of aliphatic hydroxyl groups excluding tert-OH is 1. The molecule has 8 heteroatoms. The number of nitrogens with zero attached hydrogens (tertiary/aromatic N) is 1. The zero-order valence-corrected chi connectivity index (χ0v) is 16.3. The molecule has 1 aliphatic rings. The van der Waals surface area contributed by atoms with Crippen molar-refractivity contribution in [1.29, 1.82) is 0 Å². The minimum atomic E-state index is -3.50. The average molecular weight is 387 g/mol. The summed E-state index contributed by atoms with van der Waals surface area (Å²) in [6.45, 7) is 5.29. The van der Waals surface area contributed by atoms with Crippen LogP contribution in [0.15, 0.2) is 29.2 Å². The Bertz CT molecular complexity index is 666. The van der Waals surface area contributed by atoms with Gasteiger partial charge in [-0.25, -0.2) is 8.42 Å². The summed E-state index contributed by atoms with van der Waals surface area (Å²) in [5.74, 6) is 1.30. The first-order chi connectivity index (χ1) is 11.8. The predicted octanol–water partition coefficient (Wildman–Crippen LogP) is 2.02. The number of nitrogens with one attached hydrogen (secondary N) is 1. The largest absolute Gasteiger partial charge is 0.396 e. The highest BCUT2D eigenvalue weighted by Crippen LogP contribution is 2.27. The fraction of sp³-hybridized carbons (Fsp3) is 0.588. The zero-order valence-electron chi connectivity index (χ0n) is 14.6. The third-order valence-electron chi connectivity index (χ3n) is 4.08. The van der Waals surface area contributed by atoms with E-state index in [2.05, 4.69) is 19.2 Å². The molecular weight excluding hydrogens is 360 g/mol. The number of carbonyl (C=O) groups excluding carboxylic acids is 1. The molecule has 0 bridgehead atoms. The van der Waals surface area contributed by atoms with Crippen LogP contribution in [0.3, 0.4) is 0 Å². The number of carbonyl (C=O) groups is 1. The van der Waals surface area contributed by atoms with Gasteiger partial charge in [0.1, 0.15) is 0 Å². The third kappa shape index (κ3) is 5.70. The van der Waals surface area contributed by atoms with Crippen molar-refractivity contribution >= 4 is 33.4 Å². The Hall–Kier alpha value is -1.09. The SMILES string of the molecule is C[C@H]1C[C@H](C)CN(S(=O)(=O)c2ccc(NC(=O)CSCCO)cc2)C1. The summed E-state index contributed by atoms with van der Waals surface area (Å²) in [5.41, 5.74) is 0.564. The van der Waals surface area contributed by atoms with E-state index in [1.54, 1.807) is 16.4 Å². The molecule has 2 N–H and O–H groups in total. The highest BCUT2D eigenvalue weighted by Gasteiger charge is 2.31. The molecule has 1 heterocycles. The highest BCUT2D eigenvalue weighted by atomic mass is 32.2. The number of anilines is 1. The Morgan fingerprint density at radius 3 is 2.40 bits per heavy atom. The molecular formula is C17H26N2O4S2. The van der Waals surface area contributed by atoms with Crippen LogP contribution in [0.5, 0.6) is 0 Å². The lowest BCUT2D eigenvalue weighted by Gasteiger charge is -2.34. The molecule has 0 saturated carbocycles. The van der Waals surface area contributed by atoms with Gasteiger partial charge in [-0.3, -0.25) is 4.79 Å². The second-order valence-electron chi connectivity index (χ2n) is 6.62. The van der Waals surface area contributed by atoms with Crippen LogP contribution in [0.4, 0.5) is 5.69 Å². The Kier molecular flexibility index (Phi) is 7.30. The molecule has 2 atom stereocenters. The molecule has 1 aliphatic heterocycles. The number of benzene rings is 1. The van der Waals surface area contributed by atoms with Crippen molar-refractivity contribution in [2.75, 3.05) is 36.5 Å². The van der Waals surface area contributed by atoms with Crippen LogP contribution in [-0.2, 0) is 14.8 Å². The van der Waals surface area contributed by atoms with Crippen LogP contribution in [0.2, 0.25) is 0 Å². The molecule has 1 amide bonds. The summed E-state index contributed by atoms with van der Waals surface area (Å²) in [5, 5.41) is 11.4. The third-order valence-corrected chi connectivity index (χ3v) is 6.86. The van der Waals surface area contributed by atoms with Crippen LogP contribution >= 0.6 is 11.8 Å². The molecule has 1 aromatic rings. The first kappa shape index (κ1) is 20.2. The van der Waals surface area contributed by atoms with E-state index in [4.69, 9.17) is 5.11 Å². The summed E-state index contributed by atoms with van der Waals surface area (Å²) in [6.07, 6.45) is 1.05. The van der Waals surface area contributed by atoms with E-state index in [-0.39, 0.29) is 23.2 Å². The molecule has 0 spiro atoms. The van der Waals surface area contributed by atoms with E-state index in [1.807, 2.05) is 0 Å². The van der Waals surface area contributed by atoms with Crippen LogP contribution in [0.25, 0.3) is 0 Å². The van der Waals surface area contributed by atoms with Crippen molar-refractivity contribution in [2.45, 2.75) is 25.2 Å². The van der Waals surface area contributed by atoms with Crippen LogP contribution in [-0.4, -0.2) is 54.9 Å². The molecule has 1 fully saturated rings. The lowest BCUT2D eigenvalue weighted by atomic mass is 9.94. The molecule has 1 saturated heterocycles. The number of thioether (sulfide) groups is 1. The molecule has 0 aliphatic carbocycles. The summed E-state index contributed by atoms with van der Waals surface area (Å²) < 4.78 is 27.2. The van der Waals surface area contributed by atoms with Gasteiger partial charge in [0.15, 0.2) is 0 Å². The van der Waals surface area contributed by atoms with Crippen molar-refractivity contribution < 1.29 is 18.3 Å². The average Bonchev–Trinajstić information content (AvgIpc) is 2.54. The Labute approximate surface area is 154 Å². The monoisotopic (exact) mass is 386 g/mol. The smallest absolute Gasteiger partial charge is 0.243 e. The first-order valence-corrected chi connectivity index (χ1v) is 11.0. The van der Waals surface area contributed by atoms with Crippen LogP contribution in [0.1, 0.15) is 20.3 Å². The summed E-state index contributed by atoms with van der Waals surface area (Å²) >= 11 is 1.34. The minimum Gasteiger partial charge on any atom is -0.396 e. The van der Waals surface area contributed by atoms with Gasteiger partial charge in [-0.2, -0.15) is 4.31 Å². The Balaban J connectivity index is 2.02. The first-order valence-electron chi connectivity index (χ1n) is 8.41. The van der Waals surface area contributed by atoms with Gasteiger partial charge in [0.05, 0.1) is 17.3 Å². The van der Waals surface area contributed by atoms with Gasteiger partial charge in [-0.05, 0) is 42.5 Å². The standard InChI is InChI=1S/C17H26N2O4S2/c1-13-9-14(2)11-19(10-13)25(22,23)16-5-3-15(4-6-16)18-17(21)12-24-8-7-20/h3-6,13-14,20H,7-12H2,1-2H3,(H,18,21)/t13-,14-/m0/s1. The lowest BCUT2D eigenvalue weighted by Crippen LogP contribution is -2.42. The second kappa shape index (κ2) is 9.02. The molecule has 2 rings (SSSR count). The molecule has 0 aromatic heterocycles. The van der Waals surface area contributed by atoms with Gasteiger partial charge >= 0.3 is 0 Å². The maximum Gasteiger partial charge on any atom is 0.243 e. The van der Waals surface area contributed by atoms with Gasteiger partial charge in [-0.1, -0.05) is 13.8 Å². The fourth-order valence-electron chi connectivity index (χ4n) is 3.09. The predicted molar refractivity (Wildman–Crippen MR) is 101 cm³/mol. The number of piperidine rings is 1. The van der Waals surface area contributed by atoms with Crippen molar-refractivity contribution in [3.05, 3.63) is 24.3 Å². The maximum atomic E-state index is 12.8. The molecule has 6 nitrogen and oxygen atoms in total. The quantitative estimate of drug-likeness (QED) is 0.700. The number of sulfonamides is 1. The Morgan fingerprint density at radius 1 is 1.24 bits per heavy atom. The van der Waals surface area contributed by atoms with Crippen LogP contribution < -0.4 is 5.32 Å². The number of hydrogen-bond acceptors (Lipinski definition) is 5. The summed E-state index contributed by atoms with van der Waals surface area (Å²) in [4.78, 5) is 12.0. The summed E-state index contributed by atoms with van der Waals surface area (Å²) in [6, 6.07) is 6.29. The van der Waals surface area contributed by atoms with Crippen molar-refractivity contribution in [1.82, 2.24) is 4.31 Å². The zero-order chi connectivity index (χ0) is 18.4. The van der Waals surface area contributed by atoms with Gasteiger partial charge in [0.25, 0.3) is 0 Å². The number of aliphatic hydroxyl groups is 1. The highest BCUT2D eigenvalue weighted by molar-refractivity contribution is 7.99. The van der Waals surface area contributed by atoms with E-state index in [1.165, 1.54) is 23.9 Å². The van der Waals surface area contributed by atoms with E-state index >= 15 is 0 Å². The van der Waals surface area contributed by atoms with Crippen molar-refractivity contribution in [3.8, 4) is 0 Å². The molecule has 1 aromatic carbocycles. The molecule has 0 unspecified atom stereocenters. The number of rotatable bonds is 7. The van der Waals surface area contributed by atoms with E-state index in [0.717, 1.165) is 6.42 Å².